The van der Waals surface area contributed by atoms with Crippen LogP contribution in [0.5, 0.6) is 0 Å². The molecule has 0 aromatic carbocycles. The zero-order valence-corrected chi connectivity index (χ0v) is 13.5. The first kappa shape index (κ1) is 21.3. The molecule has 0 heterocycles. The molecule has 0 aromatic heterocycles. The maximum Gasteiger partial charge on any atom is 0.397 e. The van der Waals surface area contributed by atoms with E-state index in [9.17, 15) is 13.2 Å². The molecule has 0 aliphatic heterocycles. The SMILES string of the molecule is C=C(C)C(=O)OCCNC(C)(C)C.CCOS(=O)(=O)O. The average Bonchev–Trinajstić information content (AvgIpc) is 2.21. The minimum absolute atomic E-state index is 0.0289. The van der Waals surface area contributed by atoms with Gasteiger partial charge in [-0.25, -0.2) is 8.98 Å². The minimum atomic E-state index is -4.17. The molecule has 120 valence electrons. The summed E-state index contributed by atoms with van der Waals surface area (Å²) in [4.78, 5) is 10.9. The summed E-state index contributed by atoms with van der Waals surface area (Å²) in [6, 6.07) is 0. The van der Waals surface area contributed by atoms with Crippen molar-refractivity contribution in [3.63, 3.8) is 0 Å². The number of hydrogen-bond donors (Lipinski definition) is 2. The lowest BCUT2D eigenvalue weighted by molar-refractivity contribution is -0.138. The van der Waals surface area contributed by atoms with Crippen molar-refractivity contribution in [2.45, 2.75) is 40.2 Å². The Kier molecular flexibility index (Phi) is 10.5. The largest absolute Gasteiger partial charge is 0.461 e. The van der Waals surface area contributed by atoms with E-state index in [1.165, 1.54) is 6.92 Å². The Balaban J connectivity index is 0. The smallest absolute Gasteiger partial charge is 0.397 e. The van der Waals surface area contributed by atoms with E-state index >= 15 is 0 Å². The van der Waals surface area contributed by atoms with Gasteiger partial charge in [0.25, 0.3) is 0 Å². The minimum Gasteiger partial charge on any atom is -0.461 e. The van der Waals surface area contributed by atoms with Crippen LogP contribution in [-0.4, -0.2) is 44.2 Å². The predicted molar refractivity (Wildman–Crippen MR) is 76.7 cm³/mol. The van der Waals surface area contributed by atoms with Crippen molar-refractivity contribution in [2.24, 2.45) is 0 Å². The first-order valence-electron chi connectivity index (χ1n) is 6.08. The highest BCUT2D eigenvalue weighted by Gasteiger charge is 2.08. The van der Waals surface area contributed by atoms with Gasteiger partial charge in [-0.15, -0.1) is 0 Å². The fourth-order valence-corrected chi connectivity index (χ4v) is 1.14. The molecule has 0 amide bonds. The first-order valence-corrected chi connectivity index (χ1v) is 7.45. The Labute approximate surface area is 121 Å². The molecule has 0 aromatic rings. The van der Waals surface area contributed by atoms with Gasteiger partial charge in [-0.05, 0) is 34.6 Å². The Morgan fingerprint density at radius 3 is 2.10 bits per heavy atom. The molecule has 0 unspecified atom stereocenters. The molecule has 0 saturated carbocycles. The van der Waals surface area contributed by atoms with Crippen molar-refractivity contribution < 1.29 is 26.7 Å². The molecule has 20 heavy (non-hydrogen) atoms. The highest BCUT2D eigenvalue weighted by molar-refractivity contribution is 7.80. The summed E-state index contributed by atoms with van der Waals surface area (Å²) in [6.07, 6.45) is 0. The molecular weight excluding hydrogens is 286 g/mol. The van der Waals surface area contributed by atoms with Crippen LogP contribution in [0.15, 0.2) is 12.2 Å². The predicted octanol–water partition coefficient (Wildman–Crippen LogP) is 1.32. The van der Waals surface area contributed by atoms with Crippen LogP contribution in [0, 0.1) is 0 Å². The average molecular weight is 311 g/mol. The topological polar surface area (TPSA) is 102 Å². The van der Waals surface area contributed by atoms with Crippen LogP contribution in [0.3, 0.4) is 0 Å². The molecule has 0 radical (unpaired) electrons. The van der Waals surface area contributed by atoms with Gasteiger partial charge in [-0.1, -0.05) is 6.58 Å². The van der Waals surface area contributed by atoms with Crippen LogP contribution in [0.1, 0.15) is 34.6 Å². The standard InChI is InChI=1S/C10H19NO2.C2H6O4S/c1-8(2)9(12)13-7-6-11-10(3,4)5;1-2-6-7(3,4)5/h11H,1,6-7H2,2-5H3;2H2,1H3,(H,3,4,5). The van der Waals surface area contributed by atoms with Crippen LogP contribution < -0.4 is 5.32 Å². The summed E-state index contributed by atoms with van der Waals surface area (Å²) in [5, 5.41) is 3.21. The molecule has 0 bridgehead atoms. The Bertz CT molecular complexity index is 397. The Hall–Kier alpha value is -0.960. The van der Waals surface area contributed by atoms with E-state index in [-0.39, 0.29) is 18.1 Å². The highest BCUT2D eigenvalue weighted by atomic mass is 32.3. The van der Waals surface area contributed by atoms with E-state index in [4.69, 9.17) is 9.29 Å². The van der Waals surface area contributed by atoms with Gasteiger partial charge in [0.15, 0.2) is 0 Å². The lowest BCUT2D eigenvalue weighted by atomic mass is 10.1. The van der Waals surface area contributed by atoms with Crippen molar-refractivity contribution in [2.75, 3.05) is 19.8 Å². The monoisotopic (exact) mass is 311 g/mol. The number of rotatable bonds is 6. The van der Waals surface area contributed by atoms with Gasteiger partial charge in [-0.3, -0.25) is 4.55 Å². The summed E-state index contributed by atoms with van der Waals surface area (Å²) in [5.41, 5.74) is 0.506. The third-order valence-corrected chi connectivity index (χ3v) is 2.14. The second kappa shape index (κ2) is 9.87. The van der Waals surface area contributed by atoms with E-state index in [0.29, 0.717) is 18.7 Å². The molecule has 0 aliphatic carbocycles. The van der Waals surface area contributed by atoms with E-state index in [0.717, 1.165) is 0 Å². The summed E-state index contributed by atoms with van der Waals surface area (Å²) >= 11 is 0. The van der Waals surface area contributed by atoms with Gasteiger partial charge < -0.3 is 10.1 Å². The fraction of sp³-hybridized carbons (Fsp3) is 0.750. The lowest BCUT2D eigenvalue weighted by Crippen LogP contribution is -2.38. The second-order valence-corrected chi connectivity index (χ2v) is 6.02. The van der Waals surface area contributed by atoms with Crippen molar-refractivity contribution in [1.29, 1.82) is 0 Å². The number of nitrogens with one attached hydrogen (secondary N) is 1. The first-order chi connectivity index (χ1) is 8.89. The normalized spacial score (nSPS) is 11.3. The zero-order chi connectivity index (χ0) is 16.4. The van der Waals surface area contributed by atoms with Gasteiger partial charge in [0.1, 0.15) is 6.61 Å². The third kappa shape index (κ3) is 19.4. The molecule has 7 nitrogen and oxygen atoms in total. The molecule has 8 heteroatoms. The summed E-state index contributed by atoms with van der Waals surface area (Å²) < 4.78 is 35.6. The molecular formula is C12H25NO6S. The third-order valence-electron chi connectivity index (χ3n) is 1.61. The maximum absolute atomic E-state index is 10.9. The number of carbonyl (C=O) groups excluding carboxylic acids is 1. The van der Waals surface area contributed by atoms with Crippen LogP contribution >= 0.6 is 0 Å². The van der Waals surface area contributed by atoms with Crippen LogP contribution in [0.2, 0.25) is 0 Å². The van der Waals surface area contributed by atoms with Gasteiger partial charge >= 0.3 is 16.4 Å². The van der Waals surface area contributed by atoms with Gasteiger partial charge in [0.05, 0.1) is 6.61 Å². The molecule has 2 N–H and O–H groups in total. The molecule has 0 aliphatic rings. The van der Waals surface area contributed by atoms with Crippen molar-refractivity contribution >= 4 is 16.4 Å². The maximum atomic E-state index is 10.9. The second-order valence-electron chi connectivity index (χ2n) is 4.93. The van der Waals surface area contributed by atoms with Gasteiger partial charge in [-0.2, -0.15) is 8.42 Å². The van der Waals surface area contributed by atoms with Crippen molar-refractivity contribution in [1.82, 2.24) is 5.32 Å². The van der Waals surface area contributed by atoms with Crippen molar-refractivity contribution in [3.05, 3.63) is 12.2 Å². The summed E-state index contributed by atoms with van der Waals surface area (Å²) in [7, 11) is -4.17. The molecule has 0 atom stereocenters. The number of ether oxygens (including phenoxy) is 1. The Morgan fingerprint density at radius 1 is 1.35 bits per heavy atom. The molecule has 0 rings (SSSR count). The van der Waals surface area contributed by atoms with Crippen LogP contribution in [0.25, 0.3) is 0 Å². The number of esters is 1. The molecule has 0 saturated heterocycles. The van der Waals surface area contributed by atoms with E-state index in [2.05, 4.69) is 36.9 Å². The molecule has 0 fully saturated rings. The lowest BCUT2D eigenvalue weighted by Gasteiger charge is -2.20. The number of hydrogen-bond acceptors (Lipinski definition) is 6. The van der Waals surface area contributed by atoms with Gasteiger partial charge in [0, 0.05) is 17.7 Å². The van der Waals surface area contributed by atoms with E-state index < -0.39 is 10.4 Å². The van der Waals surface area contributed by atoms with E-state index in [1.54, 1.807) is 6.92 Å². The number of carbonyl (C=O) groups is 1. The summed E-state index contributed by atoms with van der Waals surface area (Å²) in [6.45, 7) is 13.8. The molecule has 0 spiro atoms. The van der Waals surface area contributed by atoms with Crippen LogP contribution in [-0.2, 0) is 24.1 Å². The van der Waals surface area contributed by atoms with Crippen LogP contribution in [0.4, 0.5) is 0 Å². The summed E-state index contributed by atoms with van der Waals surface area (Å²) in [5.74, 6) is -0.323. The zero-order valence-electron chi connectivity index (χ0n) is 12.7. The fourth-order valence-electron chi connectivity index (χ4n) is 0.842. The quantitative estimate of drug-likeness (QED) is 0.330. The highest BCUT2D eigenvalue weighted by Crippen LogP contribution is 1.97. The van der Waals surface area contributed by atoms with Crippen molar-refractivity contribution in [3.8, 4) is 0 Å². The van der Waals surface area contributed by atoms with E-state index in [1.807, 2.05) is 0 Å². The Morgan fingerprint density at radius 2 is 1.85 bits per heavy atom. The van der Waals surface area contributed by atoms with Gasteiger partial charge in [0.2, 0.25) is 0 Å².